The topological polar surface area (TPSA) is 12.0 Å². The molecule has 0 spiro atoms. The predicted octanol–water partition coefficient (Wildman–Crippen LogP) is 4.15. The van der Waals surface area contributed by atoms with Crippen LogP contribution < -0.4 is 5.32 Å². The van der Waals surface area contributed by atoms with Crippen LogP contribution in [0.25, 0.3) is 0 Å². The lowest BCUT2D eigenvalue weighted by Crippen LogP contribution is -2.31. The van der Waals surface area contributed by atoms with E-state index in [1.165, 1.54) is 31.2 Å². The molecule has 1 aromatic rings. The van der Waals surface area contributed by atoms with E-state index in [4.69, 9.17) is 0 Å². The monoisotopic (exact) mass is 325 g/mol. The summed E-state index contributed by atoms with van der Waals surface area (Å²) >= 11 is 3.28. The van der Waals surface area contributed by atoms with Gasteiger partial charge in [-0.15, -0.1) is 0 Å². The van der Waals surface area contributed by atoms with E-state index in [0.29, 0.717) is 10.5 Å². The molecular formula is C16H21BrFN. The van der Waals surface area contributed by atoms with Crippen LogP contribution in [0, 0.1) is 23.6 Å². The van der Waals surface area contributed by atoms with Gasteiger partial charge in [-0.25, -0.2) is 4.39 Å². The predicted molar refractivity (Wildman–Crippen MR) is 79.6 cm³/mol. The Hall–Kier alpha value is -0.410. The third-order valence-electron chi connectivity index (χ3n) is 5.00. The van der Waals surface area contributed by atoms with Crippen LogP contribution in [0.15, 0.2) is 22.7 Å². The summed E-state index contributed by atoms with van der Waals surface area (Å²) in [6.45, 7) is 0. The molecule has 3 atom stereocenters. The molecule has 0 radical (unpaired) electrons. The molecule has 0 bridgehead atoms. The van der Waals surface area contributed by atoms with Gasteiger partial charge in [-0.2, -0.15) is 0 Å². The maximum Gasteiger partial charge on any atom is 0.137 e. The Morgan fingerprint density at radius 3 is 2.58 bits per heavy atom. The molecule has 3 heteroatoms. The highest BCUT2D eigenvalue weighted by molar-refractivity contribution is 9.10. The van der Waals surface area contributed by atoms with E-state index in [-0.39, 0.29) is 5.82 Å². The van der Waals surface area contributed by atoms with E-state index in [1.54, 1.807) is 6.07 Å². The van der Waals surface area contributed by atoms with E-state index in [0.717, 1.165) is 24.2 Å². The summed E-state index contributed by atoms with van der Waals surface area (Å²) in [6.07, 6.45) is 6.67. The van der Waals surface area contributed by atoms with Gasteiger partial charge in [-0.3, -0.25) is 0 Å². The molecule has 2 fully saturated rings. The minimum Gasteiger partial charge on any atom is -0.316 e. The van der Waals surface area contributed by atoms with Gasteiger partial charge in [-0.05, 0) is 77.7 Å². The average molecular weight is 326 g/mol. The van der Waals surface area contributed by atoms with Crippen LogP contribution in [0.4, 0.5) is 4.39 Å². The van der Waals surface area contributed by atoms with Crippen LogP contribution in [0.5, 0.6) is 0 Å². The summed E-state index contributed by atoms with van der Waals surface area (Å²) in [4.78, 5) is 0. The summed E-state index contributed by atoms with van der Waals surface area (Å²) in [5.41, 5.74) is 1.22. The summed E-state index contributed by atoms with van der Waals surface area (Å²) < 4.78 is 13.8. The molecule has 0 aromatic heterocycles. The van der Waals surface area contributed by atoms with Crippen LogP contribution in [0.2, 0.25) is 0 Å². The molecule has 1 N–H and O–H groups in total. The highest BCUT2D eigenvalue weighted by Crippen LogP contribution is 2.57. The molecule has 1 nitrogen and oxygen atoms in total. The second-order valence-corrected chi connectivity index (χ2v) is 6.89. The van der Waals surface area contributed by atoms with Gasteiger partial charge in [0.25, 0.3) is 0 Å². The van der Waals surface area contributed by atoms with Crippen LogP contribution in [-0.4, -0.2) is 13.1 Å². The molecule has 2 aliphatic carbocycles. The number of halogens is 2. The van der Waals surface area contributed by atoms with Crippen LogP contribution in [0.3, 0.4) is 0 Å². The second kappa shape index (κ2) is 5.53. The van der Waals surface area contributed by atoms with Gasteiger partial charge < -0.3 is 5.32 Å². The lowest BCUT2D eigenvalue weighted by Gasteiger charge is -2.17. The Labute approximate surface area is 123 Å². The molecule has 1 aromatic carbocycles. The third-order valence-corrected chi connectivity index (χ3v) is 5.61. The molecular weight excluding hydrogens is 305 g/mol. The fraction of sp³-hybridized carbons (Fsp3) is 0.625. The minimum atomic E-state index is -0.176. The van der Waals surface area contributed by atoms with E-state index < -0.39 is 0 Å². The Kier molecular flexibility index (Phi) is 3.95. The number of rotatable bonds is 4. The molecule has 0 saturated heterocycles. The zero-order valence-corrected chi connectivity index (χ0v) is 12.9. The maximum absolute atomic E-state index is 13.3. The van der Waals surface area contributed by atoms with Crippen molar-refractivity contribution in [3.05, 3.63) is 34.1 Å². The van der Waals surface area contributed by atoms with Gasteiger partial charge in [0, 0.05) is 6.04 Å². The normalized spacial score (nSPS) is 30.8. The summed E-state index contributed by atoms with van der Waals surface area (Å²) in [6, 6.07) is 5.94. The lowest BCUT2D eigenvalue weighted by molar-refractivity contribution is 0.459. The first kappa shape index (κ1) is 13.6. The first-order valence-electron chi connectivity index (χ1n) is 7.32. The molecule has 0 aliphatic heterocycles. The van der Waals surface area contributed by atoms with Crippen molar-refractivity contribution in [1.29, 1.82) is 0 Å². The first-order chi connectivity index (χ1) is 9.20. The van der Waals surface area contributed by atoms with Crippen molar-refractivity contribution >= 4 is 15.9 Å². The van der Waals surface area contributed by atoms with Gasteiger partial charge in [0.15, 0.2) is 0 Å². The quantitative estimate of drug-likeness (QED) is 0.876. The van der Waals surface area contributed by atoms with Crippen molar-refractivity contribution < 1.29 is 4.39 Å². The molecule has 2 aliphatic rings. The summed E-state index contributed by atoms with van der Waals surface area (Å²) in [5, 5.41) is 3.49. The Bertz CT molecular complexity index is 450. The average Bonchev–Trinajstić information content (AvgIpc) is 3.14. The van der Waals surface area contributed by atoms with Crippen LogP contribution in [0.1, 0.15) is 31.2 Å². The maximum atomic E-state index is 13.3. The molecule has 19 heavy (non-hydrogen) atoms. The summed E-state index contributed by atoms with van der Waals surface area (Å²) in [7, 11) is 2.06. The standard InChI is InChI=1S/C16H21BrFN/c1-19-15(16-11-4-2-3-5-12(11)16)9-10-6-7-14(18)13(17)8-10/h6-8,11-12,15-16,19H,2-5,9H2,1H3. The minimum absolute atomic E-state index is 0.176. The Morgan fingerprint density at radius 2 is 2.00 bits per heavy atom. The smallest absolute Gasteiger partial charge is 0.137 e. The van der Waals surface area contributed by atoms with E-state index in [2.05, 4.69) is 28.3 Å². The van der Waals surface area contributed by atoms with E-state index >= 15 is 0 Å². The van der Waals surface area contributed by atoms with Crippen molar-refractivity contribution in [2.75, 3.05) is 7.05 Å². The zero-order chi connectivity index (χ0) is 13.4. The lowest BCUT2D eigenvalue weighted by atomic mass is 10.00. The number of likely N-dealkylation sites (N-methyl/N-ethyl adjacent to an activating group) is 1. The van der Waals surface area contributed by atoms with Crippen LogP contribution >= 0.6 is 15.9 Å². The highest BCUT2D eigenvalue weighted by Gasteiger charge is 2.53. The van der Waals surface area contributed by atoms with Gasteiger partial charge in [-0.1, -0.05) is 18.9 Å². The number of hydrogen-bond acceptors (Lipinski definition) is 1. The fourth-order valence-corrected chi connectivity index (χ4v) is 4.42. The molecule has 104 valence electrons. The molecule has 3 unspecified atom stereocenters. The number of hydrogen-bond donors (Lipinski definition) is 1. The van der Waals surface area contributed by atoms with Gasteiger partial charge in [0.1, 0.15) is 5.82 Å². The number of benzene rings is 1. The summed E-state index contributed by atoms with van der Waals surface area (Å²) in [5.74, 6) is 2.58. The second-order valence-electron chi connectivity index (χ2n) is 6.04. The zero-order valence-electron chi connectivity index (χ0n) is 11.3. The van der Waals surface area contributed by atoms with Crippen molar-refractivity contribution in [3.8, 4) is 0 Å². The number of fused-ring (bicyclic) bond motifs is 1. The van der Waals surface area contributed by atoms with Crippen molar-refractivity contribution in [2.45, 2.75) is 38.1 Å². The Balaban J connectivity index is 1.68. The first-order valence-corrected chi connectivity index (χ1v) is 8.11. The molecule has 0 heterocycles. The van der Waals surface area contributed by atoms with Gasteiger partial charge >= 0.3 is 0 Å². The molecule has 2 saturated carbocycles. The van der Waals surface area contributed by atoms with Gasteiger partial charge in [0.2, 0.25) is 0 Å². The van der Waals surface area contributed by atoms with Crippen LogP contribution in [-0.2, 0) is 6.42 Å². The SMILES string of the molecule is CNC(Cc1ccc(F)c(Br)c1)C1C2CCCCC21. The molecule has 3 rings (SSSR count). The van der Waals surface area contributed by atoms with Crippen molar-refractivity contribution in [2.24, 2.45) is 17.8 Å². The van der Waals surface area contributed by atoms with E-state index in [9.17, 15) is 4.39 Å². The van der Waals surface area contributed by atoms with Crippen molar-refractivity contribution in [1.82, 2.24) is 5.32 Å². The molecule has 0 amide bonds. The van der Waals surface area contributed by atoms with Crippen molar-refractivity contribution in [3.63, 3.8) is 0 Å². The Morgan fingerprint density at radius 1 is 1.32 bits per heavy atom. The largest absolute Gasteiger partial charge is 0.316 e. The fourth-order valence-electron chi connectivity index (χ4n) is 4.00. The third kappa shape index (κ3) is 2.73. The van der Waals surface area contributed by atoms with E-state index in [1.807, 2.05) is 12.1 Å². The highest BCUT2D eigenvalue weighted by atomic mass is 79.9. The van der Waals surface area contributed by atoms with Gasteiger partial charge in [0.05, 0.1) is 4.47 Å². The number of nitrogens with one attached hydrogen (secondary N) is 1.